The first-order valence-electron chi connectivity index (χ1n) is 6.66. The van der Waals surface area contributed by atoms with Crippen LogP contribution in [-0.4, -0.2) is 29.6 Å². The van der Waals surface area contributed by atoms with Gasteiger partial charge in [0.2, 0.25) is 0 Å². The third kappa shape index (κ3) is 3.37. The molecule has 0 aromatic carbocycles. The summed E-state index contributed by atoms with van der Waals surface area (Å²) in [7, 11) is 1.59. The lowest BCUT2D eigenvalue weighted by Gasteiger charge is -2.28. The fraction of sp³-hybridized carbons (Fsp3) is 0.571. The monoisotopic (exact) mass is 297 g/mol. The summed E-state index contributed by atoms with van der Waals surface area (Å²) in [6.07, 6.45) is 3.38. The van der Waals surface area contributed by atoms with Crippen molar-refractivity contribution in [3.63, 3.8) is 0 Å². The Morgan fingerprint density at radius 3 is 2.75 bits per heavy atom. The van der Waals surface area contributed by atoms with E-state index in [0.29, 0.717) is 11.5 Å². The molecule has 1 aliphatic carbocycles. The van der Waals surface area contributed by atoms with Crippen molar-refractivity contribution in [1.29, 1.82) is 0 Å². The summed E-state index contributed by atoms with van der Waals surface area (Å²) >= 11 is 1.36. The predicted octanol–water partition coefficient (Wildman–Crippen LogP) is 2.41. The van der Waals surface area contributed by atoms with Crippen LogP contribution in [0.4, 0.5) is 0 Å². The van der Waals surface area contributed by atoms with Crippen molar-refractivity contribution in [2.24, 2.45) is 0 Å². The summed E-state index contributed by atoms with van der Waals surface area (Å²) in [6, 6.07) is 1.86. The molecule has 2 N–H and O–H groups in total. The van der Waals surface area contributed by atoms with Crippen molar-refractivity contribution in [2.45, 2.75) is 44.2 Å². The quantitative estimate of drug-likeness (QED) is 0.845. The number of aliphatic carboxylic acids is 1. The summed E-state index contributed by atoms with van der Waals surface area (Å²) in [6.45, 7) is 0.387. The number of nitrogens with one attached hydrogen (secondary N) is 1. The van der Waals surface area contributed by atoms with E-state index in [1.165, 1.54) is 11.3 Å². The molecule has 5 nitrogen and oxygen atoms in total. The van der Waals surface area contributed by atoms with Crippen LogP contribution in [-0.2, 0) is 16.1 Å². The van der Waals surface area contributed by atoms with E-state index < -0.39 is 11.5 Å². The number of methoxy groups -OCH3 is 1. The minimum atomic E-state index is -0.865. The SMILES string of the molecule is COCc1ccsc1C(=O)NC1(CC(=O)O)CCCC1. The Hall–Kier alpha value is -1.40. The molecule has 6 heteroatoms. The average molecular weight is 297 g/mol. The summed E-state index contributed by atoms with van der Waals surface area (Å²) in [4.78, 5) is 24.0. The number of carbonyl (C=O) groups is 2. The van der Waals surface area contributed by atoms with Crippen LogP contribution in [0, 0.1) is 0 Å². The molecule has 1 aromatic rings. The molecular weight excluding hydrogens is 278 g/mol. The van der Waals surface area contributed by atoms with Crippen molar-refractivity contribution in [2.75, 3.05) is 7.11 Å². The molecule has 1 aliphatic rings. The molecule has 1 fully saturated rings. The van der Waals surface area contributed by atoms with E-state index in [-0.39, 0.29) is 12.3 Å². The Morgan fingerprint density at radius 2 is 2.15 bits per heavy atom. The van der Waals surface area contributed by atoms with Gasteiger partial charge in [0.05, 0.1) is 23.4 Å². The Bertz CT molecular complexity index is 491. The van der Waals surface area contributed by atoms with Gasteiger partial charge in [0.15, 0.2) is 0 Å². The number of rotatable bonds is 6. The summed E-state index contributed by atoms with van der Waals surface area (Å²) < 4.78 is 5.07. The molecule has 20 heavy (non-hydrogen) atoms. The van der Waals surface area contributed by atoms with Crippen LogP contribution in [0.2, 0.25) is 0 Å². The van der Waals surface area contributed by atoms with Gasteiger partial charge in [-0.25, -0.2) is 0 Å². The molecule has 1 saturated carbocycles. The van der Waals surface area contributed by atoms with Gasteiger partial charge in [-0.15, -0.1) is 11.3 Å². The van der Waals surface area contributed by atoms with Crippen molar-refractivity contribution in [3.05, 3.63) is 21.9 Å². The molecule has 1 heterocycles. The van der Waals surface area contributed by atoms with E-state index in [1.807, 2.05) is 11.4 Å². The number of ether oxygens (including phenoxy) is 1. The van der Waals surface area contributed by atoms with E-state index >= 15 is 0 Å². The first-order valence-corrected chi connectivity index (χ1v) is 7.54. The van der Waals surface area contributed by atoms with Crippen LogP contribution in [0.3, 0.4) is 0 Å². The second-order valence-corrected chi connectivity index (χ2v) is 6.14. The first-order chi connectivity index (χ1) is 9.56. The minimum absolute atomic E-state index is 0.0102. The lowest BCUT2D eigenvalue weighted by Crippen LogP contribution is -2.47. The van der Waals surface area contributed by atoms with Crippen LogP contribution in [0.25, 0.3) is 0 Å². The van der Waals surface area contributed by atoms with Crippen LogP contribution in [0.15, 0.2) is 11.4 Å². The predicted molar refractivity (Wildman–Crippen MR) is 76.0 cm³/mol. The lowest BCUT2D eigenvalue weighted by atomic mass is 9.93. The van der Waals surface area contributed by atoms with Crippen molar-refractivity contribution < 1.29 is 19.4 Å². The molecule has 1 amide bonds. The van der Waals surface area contributed by atoms with E-state index in [1.54, 1.807) is 7.11 Å². The molecule has 0 radical (unpaired) electrons. The van der Waals surface area contributed by atoms with Gasteiger partial charge in [0.25, 0.3) is 5.91 Å². The highest BCUT2D eigenvalue weighted by molar-refractivity contribution is 7.12. The third-order valence-electron chi connectivity index (χ3n) is 3.68. The van der Waals surface area contributed by atoms with Gasteiger partial charge >= 0.3 is 5.97 Å². The van der Waals surface area contributed by atoms with Gasteiger partial charge in [-0.3, -0.25) is 9.59 Å². The highest BCUT2D eigenvalue weighted by atomic mass is 32.1. The van der Waals surface area contributed by atoms with Crippen molar-refractivity contribution in [1.82, 2.24) is 5.32 Å². The Kier molecular flexibility index (Phi) is 4.77. The molecule has 0 saturated heterocycles. The minimum Gasteiger partial charge on any atom is -0.481 e. The molecule has 1 aromatic heterocycles. The van der Waals surface area contributed by atoms with E-state index in [2.05, 4.69) is 5.32 Å². The smallest absolute Gasteiger partial charge is 0.305 e. The largest absolute Gasteiger partial charge is 0.481 e. The summed E-state index contributed by atoms with van der Waals surface area (Å²) in [5.41, 5.74) is 0.260. The standard InChI is InChI=1S/C14H19NO4S/c1-19-9-10-4-7-20-12(10)13(18)15-14(8-11(16)17)5-2-3-6-14/h4,7H,2-3,5-6,8-9H2,1H3,(H,15,18)(H,16,17). The number of thiophene rings is 1. The molecule has 0 bridgehead atoms. The maximum atomic E-state index is 12.4. The second-order valence-electron chi connectivity index (χ2n) is 5.22. The molecule has 110 valence electrons. The molecule has 0 unspecified atom stereocenters. The zero-order chi connectivity index (χ0) is 14.6. The highest BCUT2D eigenvalue weighted by Crippen LogP contribution is 2.33. The fourth-order valence-electron chi connectivity index (χ4n) is 2.79. The van der Waals surface area contributed by atoms with E-state index in [0.717, 1.165) is 31.2 Å². The van der Waals surface area contributed by atoms with Gasteiger partial charge < -0.3 is 15.2 Å². The van der Waals surface area contributed by atoms with Crippen molar-refractivity contribution in [3.8, 4) is 0 Å². The number of carbonyl (C=O) groups excluding carboxylic acids is 1. The lowest BCUT2D eigenvalue weighted by molar-refractivity contribution is -0.138. The van der Waals surface area contributed by atoms with Crippen molar-refractivity contribution >= 4 is 23.2 Å². The summed E-state index contributed by atoms with van der Waals surface area (Å²) in [5, 5.41) is 13.9. The van der Waals surface area contributed by atoms with E-state index in [9.17, 15) is 9.59 Å². The Labute approximate surface area is 121 Å². The molecule has 0 atom stereocenters. The number of carboxylic acid groups (broad SMARTS) is 1. The highest BCUT2D eigenvalue weighted by Gasteiger charge is 2.38. The molecule has 2 rings (SSSR count). The van der Waals surface area contributed by atoms with Gasteiger partial charge in [-0.2, -0.15) is 0 Å². The fourth-order valence-corrected chi connectivity index (χ4v) is 3.59. The van der Waals surface area contributed by atoms with E-state index in [4.69, 9.17) is 9.84 Å². The number of carboxylic acids is 1. The molecule has 0 spiro atoms. The van der Waals surface area contributed by atoms with Crippen LogP contribution in [0.1, 0.15) is 47.3 Å². The second kappa shape index (κ2) is 6.37. The number of hydrogen-bond donors (Lipinski definition) is 2. The number of amides is 1. The third-order valence-corrected chi connectivity index (χ3v) is 4.64. The van der Waals surface area contributed by atoms with Gasteiger partial charge in [-0.1, -0.05) is 12.8 Å². The molecular formula is C14H19NO4S. The van der Waals surface area contributed by atoms with Crippen LogP contribution < -0.4 is 5.32 Å². The Morgan fingerprint density at radius 1 is 1.45 bits per heavy atom. The average Bonchev–Trinajstić information content (AvgIpc) is 2.98. The normalized spacial score (nSPS) is 17.1. The maximum absolute atomic E-state index is 12.4. The van der Waals surface area contributed by atoms with Crippen LogP contribution >= 0.6 is 11.3 Å². The summed E-state index contributed by atoms with van der Waals surface area (Å²) in [5.74, 6) is -1.05. The van der Waals surface area contributed by atoms with Gasteiger partial charge in [0, 0.05) is 12.7 Å². The zero-order valence-electron chi connectivity index (χ0n) is 11.5. The molecule has 0 aliphatic heterocycles. The zero-order valence-corrected chi connectivity index (χ0v) is 12.3. The topological polar surface area (TPSA) is 75.6 Å². The maximum Gasteiger partial charge on any atom is 0.305 e. The number of hydrogen-bond acceptors (Lipinski definition) is 4. The first kappa shape index (κ1) is 15.0. The van der Waals surface area contributed by atoms with Gasteiger partial charge in [0.1, 0.15) is 0 Å². The van der Waals surface area contributed by atoms with Gasteiger partial charge in [-0.05, 0) is 24.3 Å². The Balaban J connectivity index is 2.12. The van der Waals surface area contributed by atoms with Crippen LogP contribution in [0.5, 0.6) is 0 Å².